The molecule has 0 spiro atoms. The zero-order chi connectivity index (χ0) is 13.8. The van der Waals surface area contributed by atoms with Gasteiger partial charge in [0.1, 0.15) is 6.61 Å². The molecule has 1 aromatic carbocycles. The summed E-state index contributed by atoms with van der Waals surface area (Å²) in [7, 11) is 3.18. The first-order valence-electron chi connectivity index (χ1n) is 5.83. The number of hydrogen-bond donors (Lipinski definition) is 0. The fourth-order valence-electron chi connectivity index (χ4n) is 1.49. The van der Waals surface area contributed by atoms with Crippen molar-refractivity contribution >= 4 is 11.9 Å². The minimum absolute atomic E-state index is 0.0754. The first kappa shape index (κ1) is 13.2. The Hall–Kier alpha value is -2.24. The monoisotopic (exact) mass is 265 g/mol. The summed E-state index contributed by atoms with van der Waals surface area (Å²) in [6.07, 6.45) is -0.843. The maximum absolute atomic E-state index is 11.7. The number of para-hydroxylation sites is 2. The largest absolute Gasteiger partial charge is 0.485 e. The van der Waals surface area contributed by atoms with Crippen molar-refractivity contribution in [1.82, 2.24) is 4.90 Å². The number of likely N-dealkylation sites (N-methyl/N-ethyl adjacent to an activating group) is 1. The lowest BCUT2D eigenvalue weighted by Gasteiger charge is -2.25. The van der Waals surface area contributed by atoms with Crippen LogP contribution in [0.5, 0.6) is 11.5 Å². The second-order valence-electron chi connectivity index (χ2n) is 4.26. The van der Waals surface area contributed by atoms with E-state index in [1.54, 1.807) is 32.3 Å². The molecule has 1 aromatic rings. The van der Waals surface area contributed by atoms with Crippen molar-refractivity contribution in [1.29, 1.82) is 0 Å². The Balaban J connectivity index is 1.90. The first-order valence-corrected chi connectivity index (χ1v) is 5.83. The molecular weight excluding hydrogens is 250 g/mol. The first-order chi connectivity index (χ1) is 9.08. The lowest BCUT2D eigenvalue weighted by atomic mass is 10.2. The molecule has 1 amide bonds. The van der Waals surface area contributed by atoms with Crippen LogP contribution in [0.25, 0.3) is 0 Å². The SMILES string of the molecule is CN(C)C(=O)COC(=O)[C@H]1COc2ccccc2O1. The highest BCUT2D eigenvalue weighted by atomic mass is 16.6. The molecule has 1 aliphatic rings. The van der Waals surface area contributed by atoms with Crippen LogP contribution in [0, 0.1) is 0 Å². The summed E-state index contributed by atoms with van der Waals surface area (Å²) in [5.74, 6) is 0.195. The molecule has 6 nitrogen and oxygen atoms in total. The Morgan fingerprint density at radius 3 is 2.68 bits per heavy atom. The maximum atomic E-state index is 11.7. The van der Waals surface area contributed by atoms with Crippen LogP contribution in [0.3, 0.4) is 0 Å². The van der Waals surface area contributed by atoms with Crippen molar-refractivity contribution in [2.24, 2.45) is 0 Å². The average molecular weight is 265 g/mol. The molecule has 1 heterocycles. The summed E-state index contributed by atoms with van der Waals surface area (Å²) in [6.45, 7) is -0.223. The Morgan fingerprint density at radius 2 is 2.00 bits per heavy atom. The van der Waals surface area contributed by atoms with Crippen molar-refractivity contribution in [2.75, 3.05) is 27.3 Å². The molecule has 0 aliphatic carbocycles. The zero-order valence-electron chi connectivity index (χ0n) is 10.8. The van der Waals surface area contributed by atoms with Crippen molar-refractivity contribution in [2.45, 2.75) is 6.10 Å². The van der Waals surface area contributed by atoms with Gasteiger partial charge in [0.2, 0.25) is 6.10 Å². The predicted octanol–water partition coefficient (Wildman–Crippen LogP) is 0.458. The summed E-state index contributed by atoms with van der Waals surface area (Å²) in [4.78, 5) is 24.4. The van der Waals surface area contributed by atoms with Gasteiger partial charge in [-0.15, -0.1) is 0 Å². The van der Waals surface area contributed by atoms with Gasteiger partial charge in [-0.2, -0.15) is 0 Å². The van der Waals surface area contributed by atoms with Gasteiger partial charge in [-0.05, 0) is 12.1 Å². The lowest BCUT2D eigenvalue weighted by Crippen LogP contribution is -2.39. The number of amides is 1. The molecule has 0 saturated heterocycles. The molecule has 0 saturated carbocycles. The Labute approximate surface area is 110 Å². The van der Waals surface area contributed by atoms with Crippen LogP contribution in [0.1, 0.15) is 0 Å². The van der Waals surface area contributed by atoms with Gasteiger partial charge >= 0.3 is 5.97 Å². The number of esters is 1. The molecule has 1 atom stereocenters. The fourth-order valence-corrected chi connectivity index (χ4v) is 1.49. The summed E-state index contributed by atoms with van der Waals surface area (Å²) < 4.78 is 15.7. The van der Waals surface area contributed by atoms with E-state index in [1.807, 2.05) is 6.07 Å². The van der Waals surface area contributed by atoms with Gasteiger partial charge in [-0.3, -0.25) is 4.79 Å². The topological polar surface area (TPSA) is 65.1 Å². The van der Waals surface area contributed by atoms with Crippen molar-refractivity contribution in [3.8, 4) is 11.5 Å². The van der Waals surface area contributed by atoms with Crippen LogP contribution in [-0.2, 0) is 14.3 Å². The van der Waals surface area contributed by atoms with E-state index >= 15 is 0 Å². The highest BCUT2D eigenvalue weighted by molar-refractivity contribution is 5.82. The van der Waals surface area contributed by atoms with E-state index in [1.165, 1.54) is 4.90 Å². The Bertz CT molecular complexity index is 486. The van der Waals surface area contributed by atoms with Crippen LogP contribution >= 0.6 is 0 Å². The number of ether oxygens (including phenoxy) is 3. The minimum atomic E-state index is -0.843. The molecule has 0 aromatic heterocycles. The fraction of sp³-hybridized carbons (Fsp3) is 0.385. The van der Waals surface area contributed by atoms with E-state index < -0.39 is 12.1 Å². The third kappa shape index (κ3) is 3.15. The molecular formula is C13H15NO5. The molecule has 1 aliphatic heterocycles. The molecule has 0 N–H and O–H groups in total. The number of nitrogens with zero attached hydrogens (tertiary/aromatic N) is 1. The standard InChI is InChI=1S/C13H15NO5/c1-14(2)12(15)8-18-13(16)11-7-17-9-5-3-4-6-10(9)19-11/h3-6,11H,7-8H2,1-2H3/t11-/m1/s1. The second-order valence-corrected chi connectivity index (χ2v) is 4.26. The van der Waals surface area contributed by atoms with E-state index in [0.717, 1.165) is 0 Å². The van der Waals surface area contributed by atoms with E-state index in [0.29, 0.717) is 11.5 Å². The smallest absolute Gasteiger partial charge is 0.351 e. The van der Waals surface area contributed by atoms with Gasteiger partial charge in [0.25, 0.3) is 5.91 Å². The highest BCUT2D eigenvalue weighted by Gasteiger charge is 2.29. The molecule has 0 radical (unpaired) electrons. The number of benzene rings is 1. The van der Waals surface area contributed by atoms with E-state index in [2.05, 4.69) is 0 Å². The molecule has 6 heteroatoms. The summed E-state index contributed by atoms with van der Waals surface area (Å²) in [5.41, 5.74) is 0. The normalized spacial score (nSPS) is 16.6. The summed E-state index contributed by atoms with van der Waals surface area (Å²) >= 11 is 0. The van der Waals surface area contributed by atoms with Crippen LogP contribution in [0.2, 0.25) is 0 Å². The molecule has 0 unspecified atom stereocenters. The van der Waals surface area contributed by atoms with Gasteiger partial charge in [-0.1, -0.05) is 12.1 Å². The second kappa shape index (κ2) is 5.60. The lowest BCUT2D eigenvalue weighted by molar-refractivity contribution is -0.159. The quantitative estimate of drug-likeness (QED) is 0.743. The zero-order valence-corrected chi connectivity index (χ0v) is 10.8. The van der Waals surface area contributed by atoms with Crippen LogP contribution in [0.4, 0.5) is 0 Å². The molecule has 0 fully saturated rings. The predicted molar refractivity (Wildman–Crippen MR) is 66.0 cm³/mol. The van der Waals surface area contributed by atoms with Crippen LogP contribution in [0.15, 0.2) is 24.3 Å². The van der Waals surface area contributed by atoms with Gasteiger partial charge in [0.05, 0.1) is 0 Å². The summed E-state index contributed by atoms with van der Waals surface area (Å²) in [6, 6.07) is 7.06. The number of rotatable bonds is 3. The molecule has 102 valence electrons. The summed E-state index contributed by atoms with van der Waals surface area (Å²) in [5, 5.41) is 0. The van der Waals surface area contributed by atoms with Crippen LogP contribution in [-0.4, -0.2) is 50.2 Å². The van der Waals surface area contributed by atoms with Gasteiger partial charge in [0, 0.05) is 14.1 Å². The van der Waals surface area contributed by atoms with Crippen LogP contribution < -0.4 is 9.47 Å². The molecule has 0 bridgehead atoms. The maximum Gasteiger partial charge on any atom is 0.351 e. The van der Waals surface area contributed by atoms with Gasteiger partial charge < -0.3 is 19.1 Å². The number of hydrogen-bond acceptors (Lipinski definition) is 5. The number of fused-ring (bicyclic) bond motifs is 1. The third-order valence-corrected chi connectivity index (χ3v) is 2.61. The third-order valence-electron chi connectivity index (χ3n) is 2.61. The highest BCUT2D eigenvalue weighted by Crippen LogP contribution is 2.31. The van der Waals surface area contributed by atoms with Crippen molar-refractivity contribution in [3.63, 3.8) is 0 Å². The van der Waals surface area contributed by atoms with E-state index in [4.69, 9.17) is 14.2 Å². The average Bonchev–Trinajstić information content (AvgIpc) is 2.43. The van der Waals surface area contributed by atoms with Gasteiger partial charge in [-0.25, -0.2) is 4.79 Å². The minimum Gasteiger partial charge on any atom is -0.485 e. The van der Waals surface area contributed by atoms with Crippen molar-refractivity contribution < 1.29 is 23.8 Å². The Morgan fingerprint density at radius 1 is 1.32 bits per heavy atom. The number of carbonyl (C=O) groups is 2. The van der Waals surface area contributed by atoms with Crippen molar-refractivity contribution in [3.05, 3.63) is 24.3 Å². The molecule has 2 rings (SSSR count). The number of carbonyl (C=O) groups excluding carboxylic acids is 2. The molecule has 19 heavy (non-hydrogen) atoms. The van der Waals surface area contributed by atoms with Gasteiger partial charge in [0.15, 0.2) is 18.1 Å². The van der Waals surface area contributed by atoms with E-state index in [-0.39, 0.29) is 19.1 Å². The van der Waals surface area contributed by atoms with E-state index in [9.17, 15) is 9.59 Å². The Kier molecular flexibility index (Phi) is 3.89.